The second-order valence-corrected chi connectivity index (χ2v) is 4.07. The van der Waals surface area contributed by atoms with Crippen LogP contribution in [0.5, 0.6) is 5.75 Å². The number of carbonyl (C=O) groups is 1. The second-order valence-electron chi connectivity index (χ2n) is 3.63. The van der Waals surface area contributed by atoms with Crippen molar-refractivity contribution in [3.05, 3.63) is 36.0 Å². The Morgan fingerprint density at radius 1 is 1.37 bits per heavy atom. The van der Waals surface area contributed by atoms with E-state index in [1.165, 1.54) is 12.1 Å². The van der Waals surface area contributed by atoms with Gasteiger partial charge in [0.25, 0.3) is 5.91 Å². The van der Waals surface area contributed by atoms with Crippen molar-refractivity contribution < 1.29 is 9.90 Å². The van der Waals surface area contributed by atoms with Crippen LogP contribution in [-0.2, 0) is 0 Å². The van der Waals surface area contributed by atoms with E-state index in [4.69, 9.17) is 5.73 Å². The van der Waals surface area contributed by atoms with Crippen LogP contribution in [0, 0.1) is 0 Å². The molecule has 98 valence electrons. The molecule has 1 heterocycles. The van der Waals surface area contributed by atoms with Crippen LogP contribution in [0.3, 0.4) is 0 Å². The van der Waals surface area contributed by atoms with Gasteiger partial charge in [0.05, 0.1) is 5.69 Å². The molecule has 0 saturated heterocycles. The molecule has 2 aromatic rings. The van der Waals surface area contributed by atoms with Gasteiger partial charge in [-0.15, -0.1) is 0 Å². The molecule has 7 nitrogen and oxygen atoms in total. The number of H-pyrrole nitrogens is 1. The number of phenols is 1. The number of aromatic hydroxyl groups is 1. The smallest absolute Gasteiger partial charge is 0.287 e. The van der Waals surface area contributed by atoms with Crippen LogP contribution in [0.4, 0.5) is 0 Å². The molecule has 0 radical (unpaired) electrons. The summed E-state index contributed by atoms with van der Waals surface area (Å²) in [5, 5.41) is 16.2. The van der Waals surface area contributed by atoms with Gasteiger partial charge in [0.1, 0.15) is 11.4 Å². The van der Waals surface area contributed by atoms with Gasteiger partial charge in [0.2, 0.25) is 0 Å². The Balaban J connectivity index is 2.18. The summed E-state index contributed by atoms with van der Waals surface area (Å²) < 4.78 is 0. The van der Waals surface area contributed by atoms with Gasteiger partial charge >= 0.3 is 0 Å². The fourth-order valence-corrected chi connectivity index (χ4v) is 1.50. The standard InChI is InChI=1S/C11H11N5O2S/c12-11(19)16-15-10(18)8-5-7(13-14-8)6-3-1-2-4-9(6)17/h1-5,17H,(H,13,14)(H,15,18)(H3,12,16,19). The van der Waals surface area contributed by atoms with Crippen LogP contribution >= 0.6 is 12.2 Å². The molecule has 0 unspecified atom stereocenters. The summed E-state index contributed by atoms with van der Waals surface area (Å²) in [6.45, 7) is 0. The maximum absolute atomic E-state index is 11.7. The Hall–Kier alpha value is -2.61. The highest BCUT2D eigenvalue weighted by molar-refractivity contribution is 7.80. The average Bonchev–Trinajstić information content (AvgIpc) is 2.86. The molecule has 8 heteroatoms. The van der Waals surface area contributed by atoms with E-state index in [2.05, 4.69) is 33.3 Å². The highest BCUT2D eigenvalue weighted by atomic mass is 32.1. The topological polar surface area (TPSA) is 116 Å². The SMILES string of the molecule is NC(=S)NNC(=O)c1cc(-c2ccccc2O)n[nH]1. The van der Waals surface area contributed by atoms with Gasteiger partial charge in [-0.2, -0.15) is 5.10 Å². The number of nitrogens with zero attached hydrogens (tertiary/aromatic N) is 1. The molecule has 0 saturated carbocycles. The number of aromatic amines is 1. The second kappa shape index (κ2) is 5.36. The molecule has 0 atom stereocenters. The Kier molecular flexibility index (Phi) is 3.62. The molecule has 0 spiro atoms. The summed E-state index contributed by atoms with van der Waals surface area (Å²) in [5.74, 6) is -0.385. The molecule has 0 aliphatic heterocycles. The number of hydrogen-bond acceptors (Lipinski definition) is 4. The summed E-state index contributed by atoms with van der Waals surface area (Å²) in [7, 11) is 0. The van der Waals surface area contributed by atoms with E-state index < -0.39 is 5.91 Å². The van der Waals surface area contributed by atoms with Crippen molar-refractivity contribution in [3.8, 4) is 17.0 Å². The number of hydrogen-bond donors (Lipinski definition) is 5. The maximum atomic E-state index is 11.7. The number of nitrogens with two attached hydrogens (primary N) is 1. The van der Waals surface area contributed by atoms with Crippen molar-refractivity contribution in [2.24, 2.45) is 5.73 Å². The van der Waals surface area contributed by atoms with E-state index in [0.717, 1.165) is 0 Å². The molecule has 19 heavy (non-hydrogen) atoms. The number of rotatable bonds is 2. The van der Waals surface area contributed by atoms with Crippen LogP contribution < -0.4 is 16.6 Å². The number of nitrogens with one attached hydrogen (secondary N) is 3. The minimum absolute atomic E-state index is 0.0474. The zero-order chi connectivity index (χ0) is 13.8. The van der Waals surface area contributed by atoms with Crippen LogP contribution in [0.15, 0.2) is 30.3 Å². The number of amides is 1. The molecular formula is C11H11N5O2S. The molecular weight excluding hydrogens is 266 g/mol. The molecule has 1 aromatic carbocycles. The lowest BCUT2D eigenvalue weighted by Crippen LogP contribution is -2.44. The number of benzene rings is 1. The van der Waals surface area contributed by atoms with Gasteiger partial charge < -0.3 is 10.8 Å². The number of thiocarbonyl (C=S) groups is 1. The van der Waals surface area contributed by atoms with Crippen molar-refractivity contribution in [1.29, 1.82) is 0 Å². The Labute approximate surface area is 113 Å². The van der Waals surface area contributed by atoms with E-state index in [0.29, 0.717) is 11.3 Å². The van der Waals surface area contributed by atoms with Crippen molar-refractivity contribution in [1.82, 2.24) is 21.0 Å². The average molecular weight is 277 g/mol. The van der Waals surface area contributed by atoms with E-state index in [-0.39, 0.29) is 16.6 Å². The van der Waals surface area contributed by atoms with Crippen LogP contribution in [-0.4, -0.2) is 26.3 Å². The number of phenolic OH excluding ortho intramolecular Hbond substituents is 1. The van der Waals surface area contributed by atoms with E-state index in [1.54, 1.807) is 18.2 Å². The zero-order valence-corrected chi connectivity index (χ0v) is 10.5. The van der Waals surface area contributed by atoms with Crippen molar-refractivity contribution in [2.75, 3.05) is 0 Å². The zero-order valence-electron chi connectivity index (χ0n) is 9.68. The van der Waals surface area contributed by atoms with Crippen LogP contribution in [0.1, 0.15) is 10.5 Å². The Morgan fingerprint density at radius 2 is 2.11 bits per heavy atom. The monoisotopic (exact) mass is 277 g/mol. The molecule has 0 aliphatic carbocycles. The van der Waals surface area contributed by atoms with E-state index in [9.17, 15) is 9.90 Å². The predicted molar refractivity (Wildman–Crippen MR) is 73.1 cm³/mol. The first kappa shape index (κ1) is 12.8. The maximum Gasteiger partial charge on any atom is 0.287 e. The summed E-state index contributed by atoms with van der Waals surface area (Å²) in [4.78, 5) is 11.7. The number of carbonyl (C=O) groups excluding carboxylic acids is 1. The van der Waals surface area contributed by atoms with Crippen molar-refractivity contribution in [3.63, 3.8) is 0 Å². The first-order valence-corrected chi connectivity index (χ1v) is 5.68. The third-order valence-corrected chi connectivity index (χ3v) is 2.40. The molecule has 0 aliphatic rings. The quantitative estimate of drug-likeness (QED) is 0.397. The van der Waals surface area contributed by atoms with E-state index in [1.807, 2.05) is 0 Å². The summed E-state index contributed by atoms with van der Waals surface area (Å²) in [6.07, 6.45) is 0. The number of para-hydroxylation sites is 1. The molecule has 0 bridgehead atoms. The molecule has 1 aromatic heterocycles. The first-order chi connectivity index (χ1) is 9.08. The predicted octanol–water partition coefficient (Wildman–Crippen LogP) is 0.260. The fourth-order valence-electron chi connectivity index (χ4n) is 1.45. The number of aromatic nitrogens is 2. The van der Waals surface area contributed by atoms with Gasteiger partial charge in [0, 0.05) is 5.56 Å². The van der Waals surface area contributed by atoms with Gasteiger partial charge in [-0.05, 0) is 30.4 Å². The van der Waals surface area contributed by atoms with Gasteiger partial charge in [-0.25, -0.2) is 0 Å². The Bertz CT molecular complexity index is 625. The molecule has 0 fully saturated rings. The van der Waals surface area contributed by atoms with Gasteiger partial charge in [-0.3, -0.25) is 20.7 Å². The molecule has 2 rings (SSSR count). The third-order valence-electron chi connectivity index (χ3n) is 2.30. The lowest BCUT2D eigenvalue weighted by atomic mass is 10.1. The first-order valence-electron chi connectivity index (χ1n) is 5.27. The normalized spacial score (nSPS) is 9.89. The van der Waals surface area contributed by atoms with Crippen LogP contribution in [0.25, 0.3) is 11.3 Å². The Morgan fingerprint density at radius 3 is 2.79 bits per heavy atom. The largest absolute Gasteiger partial charge is 0.507 e. The van der Waals surface area contributed by atoms with Gasteiger partial charge in [-0.1, -0.05) is 12.1 Å². The highest BCUT2D eigenvalue weighted by Crippen LogP contribution is 2.27. The highest BCUT2D eigenvalue weighted by Gasteiger charge is 2.12. The van der Waals surface area contributed by atoms with Gasteiger partial charge in [0.15, 0.2) is 5.11 Å². The minimum Gasteiger partial charge on any atom is -0.507 e. The minimum atomic E-state index is -0.470. The van der Waals surface area contributed by atoms with Crippen molar-refractivity contribution >= 4 is 23.2 Å². The summed E-state index contributed by atoms with van der Waals surface area (Å²) in [5.41, 5.74) is 11.0. The summed E-state index contributed by atoms with van der Waals surface area (Å²) >= 11 is 4.56. The lowest BCUT2D eigenvalue weighted by molar-refractivity contribution is 0.0939. The van der Waals surface area contributed by atoms with E-state index >= 15 is 0 Å². The lowest BCUT2D eigenvalue weighted by Gasteiger charge is -2.03. The van der Waals surface area contributed by atoms with Crippen molar-refractivity contribution in [2.45, 2.75) is 0 Å². The van der Waals surface area contributed by atoms with Crippen LogP contribution in [0.2, 0.25) is 0 Å². The number of hydrazine groups is 1. The molecule has 1 amide bonds. The fraction of sp³-hybridized carbons (Fsp3) is 0. The third kappa shape index (κ3) is 2.99. The summed E-state index contributed by atoms with van der Waals surface area (Å²) in [6, 6.07) is 8.20. The molecule has 6 N–H and O–H groups in total.